The lowest BCUT2D eigenvalue weighted by atomic mass is 10.1. The topological polar surface area (TPSA) is 87.4 Å². The summed E-state index contributed by atoms with van der Waals surface area (Å²) >= 11 is 0. The van der Waals surface area contributed by atoms with Crippen molar-refractivity contribution in [1.82, 2.24) is 20.0 Å². The van der Waals surface area contributed by atoms with Crippen molar-refractivity contribution >= 4 is 17.5 Å². The summed E-state index contributed by atoms with van der Waals surface area (Å²) in [6.45, 7) is 4.95. The highest BCUT2D eigenvalue weighted by Crippen LogP contribution is 2.27. The summed E-state index contributed by atoms with van der Waals surface area (Å²) < 4.78 is 5.03. The number of rotatable bonds is 3. The van der Waals surface area contributed by atoms with Crippen LogP contribution >= 0.6 is 0 Å². The lowest BCUT2D eigenvalue weighted by Crippen LogP contribution is -2.33. The molecule has 3 rings (SSSR count). The van der Waals surface area contributed by atoms with E-state index in [9.17, 15) is 4.79 Å². The van der Waals surface area contributed by atoms with Crippen molar-refractivity contribution in [2.24, 2.45) is 0 Å². The summed E-state index contributed by atoms with van der Waals surface area (Å²) in [6, 6.07) is 3.63. The molecule has 8 nitrogen and oxygen atoms in total. The van der Waals surface area contributed by atoms with Crippen LogP contribution in [0.4, 0.5) is 16.3 Å². The monoisotopic (exact) mass is 330 g/mol. The highest BCUT2D eigenvalue weighted by Gasteiger charge is 2.30. The van der Waals surface area contributed by atoms with E-state index >= 15 is 0 Å². The van der Waals surface area contributed by atoms with Crippen molar-refractivity contribution in [1.29, 1.82) is 0 Å². The molecule has 8 heteroatoms. The van der Waals surface area contributed by atoms with E-state index in [1.165, 1.54) is 0 Å². The predicted molar refractivity (Wildman–Crippen MR) is 90.3 cm³/mol. The van der Waals surface area contributed by atoms with Gasteiger partial charge in [0.25, 0.3) is 0 Å². The second kappa shape index (κ2) is 6.46. The molecule has 3 heterocycles. The van der Waals surface area contributed by atoms with Gasteiger partial charge >= 0.3 is 6.03 Å². The molecule has 1 N–H and O–H groups in total. The highest BCUT2D eigenvalue weighted by molar-refractivity contribution is 5.92. The van der Waals surface area contributed by atoms with Crippen LogP contribution < -0.4 is 10.2 Å². The zero-order chi connectivity index (χ0) is 17.3. The smallest absolute Gasteiger partial charge is 0.321 e. The second-order valence-corrected chi connectivity index (χ2v) is 6.25. The fourth-order valence-electron chi connectivity index (χ4n) is 2.81. The molecule has 1 aliphatic rings. The predicted octanol–water partition coefficient (Wildman–Crippen LogP) is 2.17. The van der Waals surface area contributed by atoms with Gasteiger partial charge < -0.3 is 19.6 Å². The molecule has 2 amide bonds. The summed E-state index contributed by atoms with van der Waals surface area (Å²) in [5.74, 6) is 2.09. The lowest BCUT2D eigenvalue weighted by molar-refractivity contribution is 0.222. The van der Waals surface area contributed by atoms with Gasteiger partial charge in [0, 0.05) is 45.7 Å². The summed E-state index contributed by atoms with van der Waals surface area (Å²) in [7, 11) is 3.81. The first-order chi connectivity index (χ1) is 11.4. The minimum Gasteiger partial charge on any atom is -0.361 e. The molecule has 0 aromatic carbocycles. The Bertz CT molecular complexity index is 742. The van der Waals surface area contributed by atoms with Crippen molar-refractivity contribution < 1.29 is 9.32 Å². The Kier molecular flexibility index (Phi) is 4.37. The van der Waals surface area contributed by atoms with Crippen LogP contribution in [0.1, 0.15) is 29.7 Å². The number of hydrogen-bond acceptors (Lipinski definition) is 6. The largest absolute Gasteiger partial charge is 0.361 e. The highest BCUT2D eigenvalue weighted by atomic mass is 16.5. The number of carbonyl (C=O) groups excluding carboxylic acids is 1. The van der Waals surface area contributed by atoms with Gasteiger partial charge in [-0.3, -0.25) is 0 Å². The number of aromatic nitrogens is 3. The minimum atomic E-state index is -0.133. The number of amides is 2. The molecule has 1 fully saturated rings. The van der Waals surface area contributed by atoms with Gasteiger partial charge in [-0.05, 0) is 25.5 Å². The van der Waals surface area contributed by atoms with Gasteiger partial charge in [0.15, 0.2) is 11.6 Å². The summed E-state index contributed by atoms with van der Waals surface area (Å²) in [5.41, 5.74) is 1.61. The maximum Gasteiger partial charge on any atom is 0.321 e. The Balaban J connectivity index is 1.68. The van der Waals surface area contributed by atoms with Crippen molar-refractivity contribution in [2.45, 2.75) is 26.2 Å². The third-order valence-electron chi connectivity index (χ3n) is 4.06. The fourth-order valence-corrected chi connectivity index (χ4v) is 2.81. The van der Waals surface area contributed by atoms with Gasteiger partial charge in [-0.25, -0.2) is 9.78 Å². The van der Waals surface area contributed by atoms with E-state index in [4.69, 9.17) is 4.52 Å². The molecule has 128 valence electrons. The van der Waals surface area contributed by atoms with Gasteiger partial charge in [-0.15, -0.1) is 0 Å². The van der Waals surface area contributed by atoms with Crippen LogP contribution in [-0.2, 0) is 0 Å². The van der Waals surface area contributed by atoms with E-state index in [2.05, 4.69) is 20.4 Å². The van der Waals surface area contributed by atoms with Crippen LogP contribution in [0.3, 0.4) is 0 Å². The Labute approximate surface area is 140 Å². The quantitative estimate of drug-likeness (QED) is 0.928. The molecule has 1 atom stereocenters. The molecule has 1 aliphatic heterocycles. The third-order valence-corrected chi connectivity index (χ3v) is 4.06. The Morgan fingerprint density at radius 1 is 1.33 bits per heavy atom. The zero-order valence-corrected chi connectivity index (χ0v) is 14.4. The van der Waals surface area contributed by atoms with Crippen molar-refractivity contribution in [2.75, 3.05) is 37.4 Å². The lowest BCUT2D eigenvalue weighted by Gasteiger charge is -2.21. The van der Waals surface area contributed by atoms with E-state index in [-0.39, 0.29) is 11.9 Å². The normalized spacial score (nSPS) is 17.2. The van der Waals surface area contributed by atoms with E-state index < -0.39 is 0 Å². The number of urea groups is 1. The first kappa shape index (κ1) is 16.2. The van der Waals surface area contributed by atoms with E-state index in [0.717, 1.165) is 17.9 Å². The number of pyridine rings is 1. The Morgan fingerprint density at radius 3 is 2.79 bits per heavy atom. The molecule has 0 saturated carbocycles. The van der Waals surface area contributed by atoms with Gasteiger partial charge in [-0.1, -0.05) is 5.16 Å². The standard InChI is InChI=1S/C16H22N6O2/c1-10-5-6-13(15(17-10)21(3)4)19-16(23)22-8-7-12(9-22)14-18-11(2)24-20-14/h5-6,12H,7-9H2,1-4H3,(H,19,23). The van der Waals surface area contributed by atoms with Crippen LogP contribution in [0.2, 0.25) is 0 Å². The van der Waals surface area contributed by atoms with Crippen LogP contribution in [0.5, 0.6) is 0 Å². The van der Waals surface area contributed by atoms with E-state index in [0.29, 0.717) is 30.5 Å². The molecule has 0 spiro atoms. The molecule has 0 bridgehead atoms. The van der Waals surface area contributed by atoms with E-state index in [1.54, 1.807) is 11.8 Å². The average Bonchev–Trinajstić information content (AvgIpc) is 3.17. The third kappa shape index (κ3) is 3.32. The molecule has 0 aliphatic carbocycles. The maximum absolute atomic E-state index is 12.6. The van der Waals surface area contributed by atoms with E-state index in [1.807, 2.05) is 38.1 Å². The number of likely N-dealkylation sites (tertiary alicyclic amines) is 1. The second-order valence-electron chi connectivity index (χ2n) is 6.25. The van der Waals surface area contributed by atoms with Crippen LogP contribution in [0, 0.1) is 13.8 Å². The SMILES string of the molecule is Cc1ccc(NC(=O)N2CCC(c3noc(C)n3)C2)c(N(C)C)n1. The zero-order valence-electron chi connectivity index (χ0n) is 14.4. The number of aryl methyl sites for hydroxylation is 2. The average molecular weight is 330 g/mol. The fraction of sp³-hybridized carbons (Fsp3) is 0.500. The molecule has 24 heavy (non-hydrogen) atoms. The van der Waals surface area contributed by atoms with Gasteiger partial charge in [0.1, 0.15) is 0 Å². The van der Waals surface area contributed by atoms with Crippen molar-refractivity contribution in [3.63, 3.8) is 0 Å². The number of carbonyl (C=O) groups is 1. The molecular weight excluding hydrogens is 308 g/mol. The molecule has 1 saturated heterocycles. The van der Waals surface area contributed by atoms with Gasteiger partial charge in [-0.2, -0.15) is 4.98 Å². The molecule has 0 radical (unpaired) electrons. The number of nitrogens with zero attached hydrogens (tertiary/aromatic N) is 5. The van der Waals surface area contributed by atoms with Crippen LogP contribution in [0.15, 0.2) is 16.7 Å². The summed E-state index contributed by atoms with van der Waals surface area (Å²) in [5, 5.41) is 6.92. The first-order valence-corrected chi connectivity index (χ1v) is 7.95. The first-order valence-electron chi connectivity index (χ1n) is 7.95. The number of nitrogens with one attached hydrogen (secondary N) is 1. The maximum atomic E-state index is 12.6. The van der Waals surface area contributed by atoms with Gasteiger partial charge in [0.2, 0.25) is 5.89 Å². The number of anilines is 2. The van der Waals surface area contributed by atoms with Gasteiger partial charge in [0.05, 0.1) is 5.69 Å². The van der Waals surface area contributed by atoms with Crippen molar-refractivity contribution in [3.8, 4) is 0 Å². The van der Waals surface area contributed by atoms with Crippen molar-refractivity contribution in [3.05, 3.63) is 29.5 Å². The molecule has 1 unspecified atom stereocenters. The summed E-state index contributed by atoms with van der Waals surface area (Å²) in [4.78, 5) is 25.0. The Hall–Kier alpha value is -2.64. The molecule has 2 aromatic rings. The minimum absolute atomic E-state index is 0.123. The summed E-state index contributed by atoms with van der Waals surface area (Å²) in [6.07, 6.45) is 0.832. The molecular formula is C16H22N6O2. The van der Waals surface area contributed by atoms with Crippen LogP contribution in [0.25, 0.3) is 0 Å². The molecule has 2 aromatic heterocycles. The van der Waals surface area contributed by atoms with Crippen LogP contribution in [-0.4, -0.2) is 53.2 Å². The Morgan fingerprint density at radius 2 is 2.12 bits per heavy atom. The number of hydrogen-bond donors (Lipinski definition) is 1.